The Morgan fingerprint density at radius 2 is 1.81 bits per heavy atom. The second kappa shape index (κ2) is 8.64. The first-order valence-corrected chi connectivity index (χ1v) is 9.74. The minimum absolute atomic E-state index is 0.0840. The minimum Gasteiger partial charge on any atom is -0.335 e. The van der Waals surface area contributed by atoms with E-state index >= 15 is 0 Å². The summed E-state index contributed by atoms with van der Waals surface area (Å²) in [4.78, 5) is 27.1. The highest BCUT2D eigenvalue weighted by molar-refractivity contribution is 5.98. The molecule has 0 aliphatic carbocycles. The fourth-order valence-corrected chi connectivity index (χ4v) is 3.85. The van der Waals surface area contributed by atoms with Crippen molar-refractivity contribution in [3.05, 3.63) is 64.7 Å². The Hall–Kier alpha value is -2.97. The van der Waals surface area contributed by atoms with Gasteiger partial charge in [-0.15, -0.1) is 0 Å². The number of nitrogens with zero attached hydrogens (tertiary/aromatic N) is 1. The smallest absolute Gasteiger partial charge is 0.335 e. The minimum atomic E-state index is -4.69. The molecule has 1 aliphatic heterocycles. The summed E-state index contributed by atoms with van der Waals surface area (Å²) in [6.07, 6.45) is -3.90. The molecule has 2 amide bonds. The van der Waals surface area contributed by atoms with Gasteiger partial charge in [-0.25, -0.2) is 8.78 Å². The van der Waals surface area contributed by atoms with Crippen LogP contribution in [0.3, 0.4) is 0 Å². The molecule has 3 rings (SSSR count). The zero-order chi connectivity index (χ0) is 22.9. The first-order chi connectivity index (χ1) is 14.5. The Morgan fingerprint density at radius 3 is 2.45 bits per heavy atom. The summed E-state index contributed by atoms with van der Waals surface area (Å²) < 4.78 is 67.0. The van der Waals surface area contributed by atoms with Gasteiger partial charge in [0.25, 0.3) is 5.91 Å². The molecule has 1 fully saturated rings. The van der Waals surface area contributed by atoms with Gasteiger partial charge in [-0.1, -0.05) is 12.1 Å². The number of nitrogens with one attached hydrogen (secondary N) is 1. The molecule has 1 saturated heterocycles. The summed E-state index contributed by atoms with van der Waals surface area (Å²) >= 11 is 0. The van der Waals surface area contributed by atoms with Crippen molar-refractivity contribution in [3.63, 3.8) is 0 Å². The van der Waals surface area contributed by atoms with Crippen LogP contribution < -0.4 is 5.32 Å². The van der Waals surface area contributed by atoms with E-state index in [0.29, 0.717) is 43.1 Å². The van der Waals surface area contributed by atoms with Gasteiger partial charge in [-0.2, -0.15) is 13.2 Å². The Morgan fingerprint density at radius 1 is 1.10 bits per heavy atom. The number of hydrogen-bond acceptors (Lipinski definition) is 2. The van der Waals surface area contributed by atoms with Gasteiger partial charge in [0.15, 0.2) is 0 Å². The molecule has 2 aromatic rings. The van der Waals surface area contributed by atoms with Gasteiger partial charge >= 0.3 is 6.18 Å². The first-order valence-electron chi connectivity index (χ1n) is 9.74. The number of aryl methyl sites for hydroxylation is 1. The fraction of sp³-hybridized carbons (Fsp3) is 0.364. The average Bonchev–Trinajstić information content (AvgIpc) is 2.68. The van der Waals surface area contributed by atoms with Crippen LogP contribution in [0.1, 0.15) is 41.3 Å². The predicted molar refractivity (Wildman–Crippen MR) is 104 cm³/mol. The second-order valence-corrected chi connectivity index (χ2v) is 7.60. The van der Waals surface area contributed by atoms with Crippen LogP contribution in [0.2, 0.25) is 0 Å². The van der Waals surface area contributed by atoms with Gasteiger partial charge in [0, 0.05) is 12.6 Å². The van der Waals surface area contributed by atoms with Crippen LogP contribution >= 0.6 is 0 Å². The molecule has 0 unspecified atom stereocenters. The van der Waals surface area contributed by atoms with Crippen LogP contribution in [0, 0.1) is 24.5 Å². The lowest BCUT2D eigenvalue weighted by Gasteiger charge is -2.39. The number of rotatable bonds is 3. The number of anilines is 1. The molecule has 1 aliphatic rings. The third-order valence-corrected chi connectivity index (χ3v) is 5.57. The topological polar surface area (TPSA) is 49.4 Å². The Kier molecular flexibility index (Phi) is 6.33. The van der Waals surface area contributed by atoms with Crippen LogP contribution in [-0.2, 0) is 11.0 Å². The van der Waals surface area contributed by atoms with Crippen molar-refractivity contribution in [1.29, 1.82) is 0 Å². The maximum Gasteiger partial charge on any atom is 0.416 e. The lowest BCUT2D eigenvalue weighted by Crippen LogP contribution is -2.50. The van der Waals surface area contributed by atoms with E-state index in [9.17, 15) is 31.5 Å². The van der Waals surface area contributed by atoms with E-state index < -0.39 is 52.8 Å². The molecule has 1 N–H and O–H groups in total. The van der Waals surface area contributed by atoms with Gasteiger partial charge in [0.1, 0.15) is 11.6 Å². The maximum absolute atomic E-state index is 14.2. The number of carbonyl (C=O) groups is 2. The van der Waals surface area contributed by atoms with Gasteiger partial charge in [-0.3, -0.25) is 9.59 Å². The molecule has 0 spiro atoms. The quantitative estimate of drug-likeness (QED) is 0.670. The zero-order valence-corrected chi connectivity index (χ0v) is 16.9. The molecule has 4 nitrogen and oxygen atoms in total. The Bertz CT molecular complexity index is 986. The number of benzene rings is 2. The van der Waals surface area contributed by atoms with Crippen LogP contribution in [0.5, 0.6) is 0 Å². The van der Waals surface area contributed by atoms with Crippen molar-refractivity contribution in [2.75, 3.05) is 11.9 Å². The van der Waals surface area contributed by atoms with E-state index in [4.69, 9.17) is 0 Å². The molecule has 0 aromatic heterocycles. The average molecular weight is 440 g/mol. The number of alkyl halides is 3. The summed E-state index contributed by atoms with van der Waals surface area (Å²) in [6, 6.07) is 5.37. The molecule has 0 bridgehead atoms. The molecule has 31 heavy (non-hydrogen) atoms. The lowest BCUT2D eigenvalue weighted by molar-refractivity contribution is -0.137. The number of amides is 2. The summed E-state index contributed by atoms with van der Waals surface area (Å²) in [5.41, 5.74) is -1.30. The van der Waals surface area contributed by atoms with Crippen LogP contribution in [0.25, 0.3) is 0 Å². The highest BCUT2D eigenvalue weighted by Crippen LogP contribution is 2.33. The largest absolute Gasteiger partial charge is 0.416 e. The van der Waals surface area contributed by atoms with E-state index in [1.54, 1.807) is 19.9 Å². The molecule has 0 saturated carbocycles. The fourth-order valence-electron chi connectivity index (χ4n) is 3.85. The number of carbonyl (C=O) groups excluding carboxylic acids is 2. The summed E-state index contributed by atoms with van der Waals surface area (Å²) in [6.45, 7) is 3.51. The second-order valence-electron chi connectivity index (χ2n) is 7.60. The van der Waals surface area contributed by atoms with Crippen molar-refractivity contribution >= 4 is 17.5 Å². The monoisotopic (exact) mass is 440 g/mol. The van der Waals surface area contributed by atoms with Gasteiger partial charge in [0.05, 0.1) is 22.7 Å². The van der Waals surface area contributed by atoms with E-state index in [1.807, 2.05) is 0 Å². The SMILES string of the molecule is Cc1cccc(F)c1C(=O)N1CCC[C@H](C(=O)Nc2cc(C(F)(F)F)ccc2F)[C@@H]1C. The molecular formula is C22H21F5N2O2. The Balaban J connectivity index is 1.81. The van der Waals surface area contributed by atoms with E-state index in [-0.39, 0.29) is 5.56 Å². The highest BCUT2D eigenvalue weighted by atomic mass is 19.4. The molecule has 166 valence electrons. The van der Waals surface area contributed by atoms with Crippen molar-refractivity contribution < 1.29 is 31.5 Å². The predicted octanol–water partition coefficient (Wildman–Crippen LogP) is 5.17. The van der Waals surface area contributed by atoms with Crippen molar-refractivity contribution in [3.8, 4) is 0 Å². The van der Waals surface area contributed by atoms with Crippen LogP contribution in [0.15, 0.2) is 36.4 Å². The maximum atomic E-state index is 14.2. The van der Waals surface area contributed by atoms with Crippen molar-refractivity contribution in [1.82, 2.24) is 4.90 Å². The van der Waals surface area contributed by atoms with Crippen molar-refractivity contribution in [2.24, 2.45) is 5.92 Å². The van der Waals surface area contributed by atoms with Gasteiger partial charge in [0.2, 0.25) is 5.91 Å². The first kappa shape index (κ1) is 22.7. The summed E-state index contributed by atoms with van der Waals surface area (Å²) in [7, 11) is 0. The third kappa shape index (κ3) is 4.70. The number of hydrogen-bond donors (Lipinski definition) is 1. The molecule has 2 atom stereocenters. The van der Waals surface area contributed by atoms with Crippen LogP contribution in [0.4, 0.5) is 27.6 Å². The molecule has 0 radical (unpaired) electrons. The van der Waals surface area contributed by atoms with Gasteiger partial charge < -0.3 is 10.2 Å². The summed E-state index contributed by atoms with van der Waals surface area (Å²) in [5.74, 6) is -3.73. The standard InChI is InChI=1S/C22H21F5N2O2/c1-12-5-3-7-17(24)19(12)21(31)29-10-4-6-15(13(29)2)20(30)28-18-11-14(22(25,26)27)8-9-16(18)23/h3,5,7-9,11,13,15H,4,6,10H2,1-2H3,(H,28,30)/t13-,15-/m0/s1. The molecule has 9 heteroatoms. The third-order valence-electron chi connectivity index (χ3n) is 5.57. The molecule has 2 aromatic carbocycles. The van der Waals surface area contributed by atoms with E-state index in [1.165, 1.54) is 17.0 Å². The molecular weight excluding hydrogens is 419 g/mol. The normalized spacial score (nSPS) is 19.3. The Labute approximate surface area is 176 Å². The summed E-state index contributed by atoms with van der Waals surface area (Å²) in [5, 5.41) is 2.22. The number of likely N-dealkylation sites (tertiary alicyclic amines) is 1. The molecule has 1 heterocycles. The van der Waals surface area contributed by atoms with Gasteiger partial charge in [-0.05, 0) is 56.5 Å². The van der Waals surface area contributed by atoms with Crippen molar-refractivity contribution in [2.45, 2.75) is 38.9 Å². The number of halogens is 5. The highest BCUT2D eigenvalue weighted by Gasteiger charge is 2.37. The zero-order valence-electron chi connectivity index (χ0n) is 16.9. The van der Waals surface area contributed by atoms with E-state index in [0.717, 1.165) is 0 Å². The lowest BCUT2D eigenvalue weighted by atomic mass is 9.88. The number of piperidine rings is 1. The van der Waals surface area contributed by atoms with Crippen LogP contribution in [-0.4, -0.2) is 29.3 Å². The van der Waals surface area contributed by atoms with E-state index in [2.05, 4.69) is 5.32 Å².